The van der Waals surface area contributed by atoms with E-state index >= 15 is 0 Å². The number of carbonyl (C=O) groups excluding carboxylic acids is 1. The molecule has 1 amide bonds. The molecule has 0 spiro atoms. The third kappa shape index (κ3) is 4.67. The number of fused-ring (bicyclic) bond motifs is 1. The van der Waals surface area contributed by atoms with Gasteiger partial charge in [-0.15, -0.1) is 0 Å². The quantitative estimate of drug-likeness (QED) is 0.337. The Morgan fingerprint density at radius 3 is 2.64 bits per heavy atom. The number of hydrogen-bond donors (Lipinski definition) is 2. The van der Waals surface area contributed by atoms with Gasteiger partial charge in [-0.3, -0.25) is 9.89 Å². The Hall–Kier alpha value is -4.65. The number of nitrogens with zero attached hydrogens (tertiary/aromatic N) is 2. The highest BCUT2D eigenvalue weighted by atomic mass is 16.5. The molecule has 162 valence electrons. The van der Waals surface area contributed by atoms with Crippen LogP contribution in [0.4, 0.5) is 5.69 Å². The van der Waals surface area contributed by atoms with Crippen LogP contribution in [0.2, 0.25) is 0 Å². The average molecular weight is 436 g/mol. The van der Waals surface area contributed by atoms with Crippen LogP contribution in [0.15, 0.2) is 83.4 Å². The first kappa shape index (κ1) is 20.3. The third-order valence-electron chi connectivity index (χ3n) is 4.99. The van der Waals surface area contributed by atoms with E-state index in [4.69, 9.17) is 9.26 Å². The fraction of sp³-hybridized carbons (Fsp3) is 0.0385. The number of H-pyrrole nitrogens is 1. The van der Waals surface area contributed by atoms with E-state index in [0.29, 0.717) is 22.9 Å². The van der Waals surface area contributed by atoms with E-state index in [1.807, 2.05) is 66.7 Å². The number of carbonyl (C=O) groups is 1. The van der Waals surface area contributed by atoms with E-state index < -0.39 is 0 Å². The molecule has 0 bridgehead atoms. The van der Waals surface area contributed by atoms with Crippen molar-refractivity contribution in [2.75, 3.05) is 5.32 Å². The smallest absolute Gasteiger partial charge is 0.277 e. The maximum atomic E-state index is 12.3. The molecule has 5 rings (SSSR count). The van der Waals surface area contributed by atoms with E-state index in [1.54, 1.807) is 31.2 Å². The van der Waals surface area contributed by atoms with Crippen molar-refractivity contribution < 1.29 is 14.1 Å². The number of aryl methyl sites for hydroxylation is 1. The molecule has 0 atom stereocenters. The van der Waals surface area contributed by atoms with Gasteiger partial charge in [-0.25, -0.2) is 0 Å². The number of rotatable bonds is 6. The molecule has 0 fully saturated rings. The summed E-state index contributed by atoms with van der Waals surface area (Å²) >= 11 is 0. The van der Waals surface area contributed by atoms with E-state index in [9.17, 15) is 4.79 Å². The van der Waals surface area contributed by atoms with Crippen molar-refractivity contribution in [3.8, 4) is 11.5 Å². The Labute approximate surface area is 189 Å². The zero-order valence-corrected chi connectivity index (χ0v) is 17.8. The largest absolute Gasteiger partial charge is 0.457 e. The van der Waals surface area contributed by atoms with Gasteiger partial charge in [0.05, 0.1) is 11.2 Å². The second-order valence-electron chi connectivity index (χ2n) is 7.47. The predicted octanol–water partition coefficient (Wildman–Crippen LogP) is 6.07. The van der Waals surface area contributed by atoms with Crippen molar-refractivity contribution >= 4 is 34.6 Å². The van der Waals surface area contributed by atoms with Crippen molar-refractivity contribution in [1.29, 1.82) is 0 Å². The number of aromatic amines is 1. The number of anilines is 1. The standard InChI is InChI=1S/C26H20N4O3/c1-17-14-25(30-33-17)26(31)27-19-8-5-9-20(15-19)32-21-11-12-22-23(28-29-24(22)16-21)13-10-18-6-3-2-4-7-18/h2-16H,1H3,(H,27,31)(H,28,29)/b13-10+. The van der Waals surface area contributed by atoms with Crippen LogP contribution in [0.25, 0.3) is 23.1 Å². The molecule has 0 saturated carbocycles. The summed E-state index contributed by atoms with van der Waals surface area (Å²) in [4.78, 5) is 12.3. The van der Waals surface area contributed by atoms with Crippen molar-refractivity contribution in [1.82, 2.24) is 15.4 Å². The minimum Gasteiger partial charge on any atom is -0.457 e. The molecular weight excluding hydrogens is 416 g/mol. The second-order valence-corrected chi connectivity index (χ2v) is 7.47. The Morgan fingerprint density at radius 1 is 0.970 bits per heavy atom. The number of ether oxygens (including phenoxy) is 1. The van der Waals surface area contributed by atoms with Crippen LogP contribution < -0.4 is 10.1 Å². The number of benzene rings is 3. The van der Waals surface area contributed by atoms with E-state index in [0.717, 1.165) is 22.2 Å². The highest BCUT2D eigenvalue weighted by Gasteiger charge is 2.12. The molecule has 3 aromatic carbocycles. The normalized spacial score (nSPS) is 11.2. The summed E-state index contributed by atoms with van der Waals surface area (Å²) in [6.45, 7) is 1.73. The van der Waals surface area contributed by atoms with Gasteiger partial charge in [0.25, 0.3) is 5.91 Å². The zero-order valence-electron chi connectivity index (χ0n) is 17.8. The minimum atomic E-state index is -0.348. The first-order chi connectivity index (χ1) is 16.1. The van der Waals surface area contributed by atoms with Gasteiger partial charge < -0.3 is 14.6 Å². The van der Waals surface area contributed by atoms with Crippen LogP contribution in [0.3, 0.4) is 0 Å². The lowest BCUT2D eigenvalue weighted by Crippen LogP contribution is -2.12. The lowest BCUT2D eigenvalue weighted by Gasteiger charge is -2.08. The van der Waals surface area contributed by atoms with E-state index in [-0.39, 0.29) is 11.6 Å². The SMILES string of the molecule is Cc1cc(C(=O)Nc2cccc(Oc3ccc4c(/C=C/c5ccccc5)n[nH]c4c3)c2)no1. The van der Waals surface area contributed by atoms with E-state index in [1.165, 1.54) is 0 Å². The Balaban J connectivity index is 1.31. The first-order valence-corrected chi connectivity index (χ1v) is 10.4. The molecule has 0 saturated heterocycles. The summed E-state index contributed by atoms with van der Waals surface area (Å²) in [7, 11) is 0. The van der Waals surface area contributed by atoms with Crippen molar-refractivity contribution in [3.63, 3.8) is 0 Å². The van der Waals surface area contributed by atoms with Crippen LogP contribution in [0.5, 0.6) is 11.5 Å². The predicted molar refractivity (Wildman–Crippen MR) is 127 cm³/mol. The molecule has 0 aliphatic rings. The Bertz CT molecular complexity index is 1450. The molecule has 0 aliphatic carbocycles. The summed E-state index contributed by atoms with van der Waals surface area (Å²) in [5.41, 5.74) is 3.65. The molecule has 2 aromatic heterocycles. The van der Waals surface area contributed by atoms with Gasteiger partial charge in [-0.05, 0) is 42.8 Å². The van der Waals surface area contributed by atoms with Gasteiger partial charge in [0, 0.05) is 29.3 Å². The molecule has 0 radical (unpaired) electrons. The molecule has 0 unspecified atom stereocenters. The van der Waals surface area contributed by atoms with Gasteiger partial charge in [-0.2, -0.15) is 5.10 Å². The highest BCUT2D eigenvalue weighted by molar-refractivity contribution is 6.02. The Morgan fingerprint density at radius 2 is 1.82 bits per heavy atom. The summed E-state index contributed by atoms with van der Waals surface area (Å²) in [5.74, 6) is 1.47. The van der Waals surface area contributed by atoms with Crippen molar-refractivity contribution in [2.45, 2.75) is 6.92 Å². The van der Waals surface area contributed by atoms with Crippen molar-refractivity contribution in [2.24, 2.45) is 0 Å². The molecule has 5 aromatic rings. The molecule has 33 heavy (non-hydrogen) atoms. The molecule has 7 nitrogen and oxygen atoms in total. The lowest BCUT2D eigenvalue weighted by molar-refractivity contribution is 0.101. The molecular formula is C26H20N4O3. The molecule has 2 heterocycles. The van der Waals surface area contributed by atoms with Crippen LogP contribution in [0.1, 0.15) is 27.5 Å². The maximum Gasteiger partial charge on any atom is 0.277 e. The molecule has 7 heteroatoms. The Kier molecular flexibility index (Phi) is 5.43. The monoisotopic (exact) mass is 436 g/mol. The first-order valence-electron chi connectivity index (χ1n) is 10.4. The highest BCUT2D eigenvalue weighted by Crippen LogP contribution is 2.28. The van der Waals surface area contributed by atoms with Crippen LogP contribution in [-0.4, -0.2) is 21.3 Å². The number of aromatic nitrogens is 3. The van der Waals surface area contributed by atoms with Gasteiger partial charge in [-0.1, -0.05) is 47.6 Å². The summed E-state index contributed by atoms with van der Waals surface area (Å²) in [5, 5.41) is 15.0. The van der Waals surface area contributed by atoms with Gasteiger partial charge in [0.1, 0.15) is 17.3 Å². The molecule has 0 aliphatic heterocycles. The maximum absolute atomic E-state index is 12.3. The fourth-order valence-electron chi connectivity index (χ4n) is 3.39. The summed E-state index contributed by atoms with van der Waals surface area (Å²) in [6.07, 6.45) is 4.01. The fourth-order valence-corrected chi connectivity index (χ4v) is 3.39. The second kappa shape index (κ2) is 8.84. The van der Waals surface area contributed by atoms with Crippen LogP contribution >= 0.6 is 0 Å². The average Bonchev–Trinajstić information content (AvgIpc) is 3.44. The van der Waals surface area contributed by atoms with E-state index in [2.05, 4.69) is 20.7 Å². The van der Waals surface area contributed by atoms with Gasteiger partial charge in [0.2, 0.25) is 0 Å². The number of nitrogens with one attached hydrogen (secondary N) is 2. The van der Waals surface area contributed by atoms with Crippen LogP contribution in [0, 0.1) is 6.92 Å². The molecule has 2 N–H and O–H groups in total. The minimum absolute atomic E-state index is 0.223. The lowest BCUT2D eigenvalue weighted by atomic mass is 10.1. The zero-order chi connectivity index (χ0) is 22.6. The summed E-state index contributed by atoms with van der Waals surface area (Å²) in [6, 6.07) is 24.6. The third-order valence-corrected chi connectivity index (χ3v) is 4.99. The topological polar surface area (TPSA) is 93.0 Å². The number of amides is 1. The summed E-state index contributed by atoms with van der Waals surface area (Å²) < 4.78 is 11.0. The number of hydrogen-bond acceptors (Lipinski definition) is 5. The van der Waals surface area contributed by atoms with Gasteiger partial charge in [0.15, 0.2) is 5.69 Å². The van der Waals surface area contributed by atoms with Crippen molar-refractivity contribution in [3.05, 3.63) is 102 Å². The van der Waals surface area contributed by atoms with Crippen LogP contribution in [-0.2, 0) is 0 Å². The van der Waals surface area contributed by atoms with Gasteiger partial charge >= 0.3 is 0 Å².